The van der Waals surface area contributed by atoms with Gasteiger partial charge in [-0.05, 0) is 38.3 Å². The van der Waals surface area contributed by atoms with Crippen LogP contribution < -0.4 is 5.32 Å². The van der Waals surface area contributed by atoms with Gasteiger partial charge in [0, 0.05) is 34.9 Å². The molecule has 1 amide bonds. The first-order valence-electron chi connectivity index (χ1n) is 8.77. The highest BCUT2D eigenvalue weighted by molar-refractivity contribution is 7.13. The summed E-state index contributed by atoms with van der Waals surface area (Å²) in [5, 5.41) is 14.8. The van der Waals surface area contributed by atoms with Crippen molar-refractivity contribution in [3.8, 4) is 10.4 Å². The Morgan fingerprint density at radius 2 is 2.07 bits per heavy atom. The Balaban J connectivity index is 1.62. The second-order valence-electron chi connectivity index (χ2n) is 6.31. The molecule has 0 bridgehead atoms. The molecule has 0 aliphatic carbocycles. The molecule has 1 N–H and O–H groups in total. The summed E-state index contributed by atoms with van der Waals surface area (Å²) in [4.78, 5) is 18.1. The number of nitrogens with one attached hydrogen (secondary N) is 1. The van der Waals surface area contributed by atoms with Crippen LogP contribution in [0.4, 0.5) is 5.82 Å². The first kappa shape index (κ1) is 17.4. The van der Waals surface area contributed by atoms with E-state index in [-0.39, 0.29) is 12.5 Å². The average molecular weight is 380 g/mol. The quantitative estimate of drug-likeness (QED) is 0.573. The average Bonchev–Trinajstić information content (AvgIpc) is 3.36. The van der Waals surface area contributed by atoms with E-state index < -0.39 is 0 Å². The lowest BCUT2D eigenvalue weighted by atomic mass is 10.1. The van der Waals surface area contributed by atoms with Gasteiger partial charge in [-0.2, -0.15) is 10.2 Å². The number of carbonyl (C=O) groups excluding carboxylic acids is 1. The van der Waals surface area contributed by atoms with E-state index in [1.54, 1.807) is 22.2 Å². The van der Waals surface area contributed by atoms with Gasteiger partial charge in [0.2, 0.25) is 5.91 Å². The number of nitrogens with zero attached hydrogens (tertiary/aromatic N) is 5. The van der Waals surface area contributed by atoms with Crippen LogP contribution in [-0.2, 0) is 17.9 Å². The van der Waals surface area contributed by atoms with Crippen molar-refractivity contribution >= 4 is 34.1 Å². The Bertz CT molecular complexity index is 1110. The maximum Gasteiger partial charge on any atom is 0.247 e. The SMILES string of the molecule is CCn1nc(NC(=O)Cn2nc(C)c3c(-c4cccs4)ccnc32)cc1C. The summed E-state index contributed by atoms with van der Waals surface area (Å²) in [5.74, 6) is 0.378. The highest BCUT2D eigenvalue weighted by Crippen LogP contribution is 2.32. The minimum Gasteiger partial charge on any atom is -0.308 e. The Hall–Kier alpha value is -3.00. The third-order valence-electron chi connectivity index (χ3n) is 4.44. The first-order chi connectivity index (χ1) is 13.1. The van der Waals surface area contributed by atoms with Crippen LogP contribution >= 0.6 is 11.3 Å². The minimum atomic E-state index is -0.177. The molecule has 0 fully saturated rings. The van der Waals surface area contributed by atoms with Gasteiger partial charge in [0.15, 0.2) is 11.5 Å². The van der Waals surface area contributed by atoms with Gasteiger partial charge in [0.25, 0.3) is 0 Å². The molecule has 0 unspecified atom stereocenters. The van der Waals surface area contributed by atoms with Gasteiger partial charge in [-0.15, -0.1) is 11.3 Å². The van der Waals surface area contributed by atoms with Gasteiger partial charge in [0.05, 0.1) is 11.1 Å². The van der Waals surface area contributed by atoms with Crippen LogP contribution in [0.15, 0.2) is 35.8 Å². The molecule has 0 spiro atoms. The Morgan fingerprint density at radius 3 is 2.78 bits per heavy atom. The zero-order valence-electron chi connectivity index (χ0n) is 15.4. The molecule has 0 aliphatic rings. The molecule has 0 saturated carbocycles. The third-order valence-corrected chi connectivity index (χ3v) is 5.34. The molecule has 0 radical (unpaired) electrons. The number of amides is 1. The maximum absolute atomic E-state index is 12.5. The summed E-state index contributed by atoms with van der Waals surface area (Å²) in [6.45, 7) is 6.78. The first-order valence-corrected chi connectivity index (χ1v) is 9.65. The van der Waals surface area contributed by atoms with Crippen molar-refractivity contribution in [1.82, 2.24) is 24.5 Å². The van der Waals surface area contributed by atoms with Crippen molar-refractivity contribution in [3.63, 3.8) is 0 Å². The van der Waals surface area contributed by atoms with E-state index in [1.807, 2.05) is 49.0 Å². The van der Waals surface area contributed by atoms with Crippen LogP contribution in [0.1, 0.15) is 18.3 Å². The van der Waals surface area contributed by atoms with E-state index >= 15 is 0 Å². The number of carbonyl (C=O) groups is 1. The molecule has 4 aromatic rings. The number of aromatic nitrogens is 5. The molecule has 4 rings (SSSR count). The molecule has 0 aliphatic heterocycles. The van der Waals surface area contributed by atoms with E-state index in [2.05, 4.69) is 26.6 Å². The summed E-state index contributed by atoms with van der Waals surface area (Å²) >= 11 is 1.68. The van der Waals surface area contributed by atoms with Gasteiger partial charge in [0.1, 0.15) is 6.54 Å². The van der Waals surface area contributed by atoms with Crippen molar-refractivity contribution < 1.29 is 4.79 Å². The Labute approximate surface area is 160 Å². The number of fused-ring (bicyclic) bond motifs is 1. The van der Waals surface area contributed by atoms with Crippen molar-refractivity contribution in [2.24, 2.45) is 0 Å². The summed E-state index contributed by atoms with van der Waals surface area (Å²) in [7, 11) is 0. The van der Waals surface area contributed by atoms with Gasteiger partial charge in [-0.1, -0.05) is 6.07 Å². The Kier molecular flexibility index (Phi) is 4.49. The zero-order chi connectivity index (χ0) is 19.0. The van der Waals surface area contributed by atoms with Crippen LogP contribution in [-0.4, -0.2) is 30.5 Å². The lowest BCUT2D eigenvalue weighted by Gasteiger charge is -2.04. The van der Waals surface area contributed by atoms with Gasteiger partial charge in [-0.3, -0.25) is 9.48 Å². The van der Waals surface area contributed by atoms with Crippen LogP contribution in [0.3, 0.4) is 0 Å². The van der Waals surface area contributed by atoms with E-state index in [4.69, 9.17) is 0 Å². The monoisotopic (exact) mass is 380 g/mol. The fourth-order valence-corrected chi connectivity index (χ4v) is 4.00. The fourth-order valence-electron chi connectivity index (χ4n) is 3.24. The van der Waals surface area contributed by atoms with Crippen molar-refractivity contribution in [2.75, 3.05) is 5.32 Å². The van der Waals surface area contributed by atoms with E-state index in [0.29, 0.717) is 11.5 Å². The lowest BCUT2D eigenvalue weighted by Crippen LogP contribution is -2.20. The predicted octanol–water partition coefficient (Wildman–Crippen LogP) is 3.63. The lowest BCUT2D eigenvalue weighted by molar-refractivity contribution is -0.116. The molecular formula is C19H20N6OS. The number of rotatable bonds is 5. The normalized spacial score (nSPS) is 11.2. The summed E-state index contributed by atoms with van der Waals surface area (Å²) in [6, 6.07) is 7.96. The van der Waals surface area contributed by atoms with E-state index in [0.717, 1.165) is 33.8 Å². The number of hydrogen-bond acceptors (Lipinski definition) is 5. The summed E-state index contributed by atoms with van der Waals surface area (Å²) in [5.41, 5.74) is 3.68. The van der Waals surface area contributed by atoms with Crippen LogP contribution in [0, 0.1) is 13.8 Å². The summed E-state index contributed by atoms with van der Waals surface area (Å²) < 4.78 is 3.50. The summed E-state index contributed by atoms with van der Waals surface area (Å²) in [6.07, 6.45) is 1.76. The van der Waals surface area contributed by atoms with Crippen LogP contribution in [0.2, 0.25) is 0 Å². The highest BCUT2D eigenvalue weighted by atomic mass is 32.1. The fraction of sp³-hybridized carbons (Fsp3) is 0.263. The molecule has 8 heteroatoms. The molecule has 4 heterocycles. The van der Waals surface area contributed by atoms with E-state index in [1.165, 1.54) is 0 Å². The molecule has 7 nitrogen and oxygen atoms in total. The van der Waals surface area contributed by atoms with Gasteiger partial charge >= 0.3 is 0 Å². The van der Waals surface area contributed by atoms with Crippen molar-refractivity contribution in [2.45, 2.75) is 33.9 Å². The number of thiophene rings is 1. The number of pyridine rings is 1. The molecular weight excluding hydrogens is 360 g/mol. The standard InChI is InChI=1S/C19H20N6OS/c1-4-24-12(2)10-16(23-24)21-17(26)11-25-19-18(13(3)22-25)14(7-8-20-19)15-6-5-9-27-15/h5-10H,4,11H2,1-3H3,(H,21,23,26). The molecule has 0 atom stereocenters. The second-order valence-corrected chi connectivity index (χ2v) is 7.26. The topological polar surface area (TPSA) is 77.6 Å². The molecule has 27 heavy (non-hydrogen) atoms. The molecule has 0 saturated heterocycles. The number of anilines is 1. The van der Waals surface area contributed by atoms with Crippen LogP contribution in [0.5, 0.6) is 0 Å². The maximum atomic E-state index is 12.5. The highest BCUT2D eigenvalue weighted by Gasteiger charge is 2.17. The predicted molar refractivity (Wildman–Crippen MR) is 107 cm³/mol. The third kappa shape index (κ3) is 3.23. The van der Waals surface area contributed by atoms with Crippen molar-refractivity contribution in [3.05, 3.63) is 47.2 Å². The largest absolute Gasteiger partial charge is 0.308 e. The van der Waals surface area contributed by atoms with Gasteiger partial charge < -0.3 is 5.32 Å². The van der Waals surface area contributed by atoms with Gasteiger partial charge in [-0.25, -0.2) is 9.67 Å². The smallest absolute Gasteiger partial charge is 0.247 e. The molecule has 0 aromatic carbocycles. The molecule has 138 valence electrons. The van der Waals surface area contributed by atoms with Crippen molar-refractivity contribution in [1.29, 1.82) is 0 Å². The van der Waals surface area contributed by atoms with Crippen LogP contribution in [0.25, 0.3) is 21.5 Å². The minimum absolute atomic E-state index is 0.0866. The zero-order valence-corrected chi connectivity index (χ0v) is 16.2. The number of aryl methyl sites for hydroxylation is 3. The number of hydrogen-bond donors (Lipinski definition) is 1. The van der Waals surface area contributed by atoms with E-state index in [9.17, 15) is 4.79 Å². The second kappa shape index (κ2) is 6.96. The molecule has 4 aromatic heterocycles. The Morgan fingerprint density at radius 1 is 1.22 bits per heavy atom.